The van der Waals surface area contributed by atoms with E-state index in [1.165, 1.54) is 6.07 Å². The molecule has 1 rings (SSSR count). The summed E-state index contributed by atoms with van der Waals surface area (Å²) in [6, 6.07) is 2.98. The maximum Gasteiger partial charge on any atom is 0.284 e. The minimum Gasteiger partial charge on any atom is -0.258 e. The first kappa shape index (κ1) is 10.0. The molecule has 3 nitrogen and oxygen atoms in total. The monoisotopic (exact) mass is 311 g/mol. The molecule has 0 spiro atoms. The molecule has 0 radical (unpaired) electrons. The highest BCUT2D eigenvalue weighted by molar-refractivity contribution is 9.11. The van der Waals surface area contributed by atoms with Gasteiger partial charge in [-0.3, -0.25) is 10.1 Å². The molecule has 0 aromatic heterocycles. The van der Waals surface area contributed by atoms with Crippen LogP contribution in [0.5, 0.6) is 0 Å². The van der Waals surface area contributed by atoms with Crippen LogP contribution in [0.4, 0.5) is 5.69 Å². The number of benzene rings is 1. The van der Waals surface area contributed by atoms with Crippen molar-refractivity contribution in [1.82, 2.24) is 0 Å². The standard InChI is InChI=1S/C6H3Br2NO2S/c7-3-2-6(12)4(8)1-5(3)9(10)11/h1-2,12H. The summed E-state index contributed by atoms with van der Waals surface area (Å²) in [5.41, 5.74) is 0.0275. The number of nitrogens with zero attached hydrogens (tertiary/aromatic N) is 1. The van der Waals surface area contributed by atoms with Crippen LogP contribution in [0.15, 0.2) is 26.0 Å². The molecule has 0 saturated carbocycles. The fraction of sp³-hybridized carbons (Fsp3) is 0. The number of thiol groups is 1. The van der Waals surface area contributed by atoms with Gasteiger partial charge in [0.25, 0.3) is 5.69 Å². The summed E-state index contributed by atoms with van der Waals surface area (Å²) >= 11 is 10.3. The predicted octanol–water partition coefficient (Wildman–Crippen LogP) is 3.41. The van der Waals surface area contributed by atoms with Crippen LogP contribution in [-0.4, -0.2) is 4.92 Å². The lowest BCUT2D eigenvalue weighted by Crippen LogP contribution is -1.89. The van der Waals surface area contributed by atoms with Crippen LogP contribution >= 0.6 is 44.5 Å². The summed E-state index contributed by atoms with van der Waals surface area (Å²) in [7, 11) is 0. The maximum atomic E-state index is 10.4. The van der Waals surface area contributed by atoms with Crippen molar-refractivity contribution in [2.45, 2.75) is 4.90 Å². The lowest BCUT2D eigenvalue weighted by molar-refractivity contribution is -0.385. The molecular weight excluding hydrogens is 310 g/mol. The Balaban J connectivity index is 3.33. The Morgan fingerprint density at radius 1 is 1.33 bits per heavy atom. The Labute approximate surface area is 91.0 Å². The lowest BCUT2D eigenvalue weighted by Gasteiger charge is -1.98. The summed E-state index contributed by atoms with van der Waals surface area (Å²) in [6.07, 6.45) is 0. The van der Waals surface area contributed by atoms with Crippen molar-refractivity contribution in [3.8, 4) is 0 Å². The molecule has 0 amide bonds. The van der Waals surface area contributed by atoms with Gasteiger partial charge in [-0.2, -0.15) is 0 Å². The third kappa shape index (κ3) is 1.99. The summed E-state index contributed by atoms with van der Waals surface area (Å²) in [5.74, 6) is 0. The molecule has 0 atom stereocenters. The highest BCUT2D eigenvalue weighted by Crippen LogP contribution is 2.32. The number of hydrogen-bond acceptors (Lipinski definition) is 3. The van der Waals surface area contributed by atoms with E-state index < -0.39 is 4.92 Å². The molecular formula is C6H3Br2NO2S. The molecule has 0 bridgehead atoms. The van der Waals surface area contributed by atoms with E-state index in [-0.39, 0.29) is 5.69 Å². The normalized spacial score (nSPS) is 9.92. The second kappa shape index (κ2) is 3.76. The van der Waals surface area contributed by atoms with Gasteiger partial charge in [0.05, 0.1) is 9.40 Å². The van der Waals surface area contributed by atoms with Crippen LogP contribution in [0.25, 0.3) is 0 Å². The third-order valence-electron chi connectivity index (χ3n) is 1.21. The van der Waals surface area contributed by atoms with Gasteiger partial charge in [0.1, 0.15) is 0 Å². The first-order valence-electron chi connectivity index (χ1n) is 2.85. The van der Waals surface area contributed by atoms with Crippen molar-refractivity contribution < 1.29 is 4.92 Å². The molecule has 0 heterocycles. The summed E-state index contributed by atoms with van der Waals surface area (Å²) in [5, 5.41) is 10.4. The van der Waals surface area contributed by atoms with E-state index in [2.05, 4.69) is 44.5 Å². The Morgan fingerprint density at radius 3 is 2.42 bits per heavy atom. The van der Waals surface area contributed by atoms with Gasteiger partial charge in [0, 0.05) is 15.4 Å². The molecule has 0 aliphatic rings. The van der Waals surface area contributed by atoms with Crippen molar-refractivity contribution in [1.29, 1.82) is 0 Å². The van der Waals surface area contributed by atoms with Crippen LogP contribution in [0, 0.1) is 10.1 Å². The molecule has 0 N–H and O–H groups in total. The van der Waals surface area contributed by atoms with Crippen molar-refractivity contribution in [2.24, 2.45) is 0 Å². The smallest absolute Gasteiger partial charge is 0.258 e. The van der Waals surface area contributed by atoms with Crippen LogP contribution < -0.4 is 0 Å². The van der Waals surface area contributed by atoms with Crippen LogP contribution in [0.1, 0.15) is 0 Å². The highest BCUT2D eigenvalue weighted by atomic mass is 79.9. The fourth-order valence-corrected chi connectivity index (χ4v) is 1.86. The zero-order valence-electron chi connectivity index (χ0n) is 5.62. The van der Waals surface area contributed by atoms with Crippen molar-refractivity contribution in [3.05, 3.63) is 31.2 Å². The Morgan fingerprint density at radius 2 is 1.92 bits per heavy atom. The fourth-order valence-electron chi connectivity index (χ4n) is 0.666. The van der Waals surface area contributed by atoms with E-state index in [1.807, 2.05) is 0 Å². The van der Waals surface area contributed by atoms with Crippen molar-refractivity contribution >= 4 is 50.2 Å². The van der Waals surface area contributed by atoms with E-state index >= 15 is 0 Å². The topological polar surface area (TPSA) is 43.1 Å². The molecule has 64 valence electrons. The van der Waals surface area contributed by atoms with Gasteiger partial charge >= 0.3 is 0 Å². The molecule has 0 unspecified atom stereocenters. The molecule has 0 saturated heterocycles. The first-order chi connectivity index (χ1) is 5.52. The first-order valence-corrected chi connectivity index (χ1v) is 4.88. The molecule has 6 heteroatoms. The Kier molecular flexibility index (Phi) is 3.14. The van der Waals surface area contributed by atoms with Gasteiger partial charge in [-0.05, 0) is 37.9 Å². The van der Waals surface area contributed by atoms with Gasteiger partial charge in [-0.25, -0.2) is 0 Å². The second-order valence-electron chi connectivity index (χ2n) is 2.01. The maximum absolute atomic E-state index is 10.4. The molecule has 0 aliphatic heterocycles. The third-order valence-corrected chi connectivity index (χ3v) is 3.18. The second-order valence-corrected chi connectivity index (χ2v) is 4.20. The van der Waals surface area contributed by atoms with E-state index in [0.717, 1.165) is 0 Å². The van der Waals surface area contributed by atoms with E-state index in [4.69, 9.17) is 0 Å². The molecule has 1 aromatic carbocycles. The van der Waals surface area contributed by atoms with Gasteiger partial charge < -0.3 is 0 Å². The Bertz CT molecular complexity index is 343. The minimum atomic E-state index is -0.456. The van der Waals surface area contributed by atoms with Gasteiger partial charge in [0.15, 0.2) is 0 Å². The van der Waals surface area contributed by atoms with Crippen LogP contribution in [0.3, 0.4) is 0 Å². The number of halogens is 2. The largest absolute Gasteiger partial charge is 0.284 e. The van der Waals surface area contributed by atoms with E-state index in [0.29, 0.717) is 13.8 Å². The summed E-state index contributed by atoms with van der Waals surface area (Å²) < 4.78 is 1.04. The number of nitro benzene ring substituents is 1. The van der Waals surface area contributed by atoms with Crippen molar-refractivity contribution in [2.75, 3.05) is 0 Å². The van der Waals surface area contributed by atoms with E-state index in [1.54, 1.807) is 6.07 Å². The van der Waals surface area contributed by atoms with Gasteiger partial charge in [-0.1, -0.05) is 0 Å². The quantitative estimate of drug-likeness (QED) is 0.490. The lowest BCUT2D eigenvalue weighted by atomic mass is 10.3. The zero-order valence-corrected chi connectivity index (χ0v) is 9.69. The van der Waals surface area contributed by atoms with E-state index in [9.17, 15) is 10.1 Å². The average molecular weight is 313 g/mol. The Hall–Kier alpha value is -0.0700. The van der Waals surface area contributed by atoms with Crippen LogP contribution in [-0.2, 0) is 0 Å². The molecule has 1 aromatic rings. The summed E-state index contributed by atoms with van der Waals surface area (Å²) in [4.78, 5) is 10.6. The predicted molar refractivity (Wildman–Crippen MR) is 55.7 cm³/mol. The number of rotatable bonds is 1. The highest BCUT2D eigenvalue weighted by Gasteiger charge is 2.13. The molecule has 0 fully saturated rings. The number of hydrogen-bond donors (Lipinski definition) is 1. The van der Waals surface area contributed by atoms with Crippen LogP contribution in [0.2, 0.25) is 0 Å². The molecule has 12 heavy (non-hydrogen) atoms. The SMILES string of the molecule is O=[N+]([O-])c1cc(Br)c(S)cc1Br. The van der Waals surface area contributed by atoms with Gasteiger partial charge in [0.2, 0.25) is 0 Å². The van der Waals surface area contributed by atoms with Gasteiger partial charge in [-0.15, -0.1) is 12.6 Å². The average Bonchev–Trinajstić information content (AvgIpc) is 1.96. The molecule has 0 aliphatic carbocycles. The van der Waals surface area contributed by atoms with Crippen molar-refractivity contribution in [3.63, 3.8) is 0 Å². The zero-order chi connectivity index (χ0) is 9.30. The minimum absolute atomic E-state index is 0.0275. The summed E-state index contributed by atoms with van der Waals surface area (Å²) in [6.45, 7) is 0. The number of nitro groups is 1.